The summed E-state index contributed by atoms with van der Waals surface area (Å²) in [7, 11) is -1.63. The maximum atomic E-state index is 13.6. The van der Waals surface area contributed by atoms with Gasteiger partial charge in [-0.15, -0.1) is 11.3 Å². The summed E-state index contributed by atoms with van der Waals surface area (Å²) in [5, 5.41) is 0. The van der Waals surface area contributed by atoms with E-state index in [1.54, 1.807) is 17.7 Å². The Bertz CT molecular complexity index is 1600. The van der Waals surface area contributed by atoms with Gasteiger partial charge >= 0.3 is 0 Å². The first-order valence-corrected chi connectivity index (χ1v) is 15.7. The highest BCUT2D eigenvalue weighted by atomic mass is 32.2. The van der Waals surface area contributed by atoms with E-state index in [0.29, 0.717) is 36.8 Å². The van der Waals surface area contributed by atoms with Crippen LogP contribution in [0.15, 0.2) is 52.0 Å². The van der Waals surface area contributed by atoms with Crippen molar-refractivity contribution in [2.24, 2.45) is 0 Å². The Morgan fingerprint density at radius 3 is 2.67 bits per heavy atom. The number of aryl methyl sites for hydroxylation is 2. The van der Waals surface area contributed by atoms with Gasteiger partial charge in [0.1, 0.15) is 31.6 Å². The van der Waals surface area contributed by atoms with Gasteiger partial charge in [-0.25, -0.2) is 13.4 Å². The summed E-state index contributed by atoms with van der Waals surface area (Å²) < 4.78 is 49.1. The first-order valence-electron chi connectivity index (χ1n) is 12.9. The fourth-order valence-electron chi connectivity index (χ4n) is 4.96. The molecule has 1 aliphatic heterocycles. The van der Waals surface area contributed by atoms with Gasteiger partial charge in [-0.2, -0.15) is 0 Å². The number of aromatic nitrogens is 2. The average Bonchev–Trinajstić information content (AvgIpc) is 3.57. The van der Waals surface area contributed by atoms with Crippen LogP contribution in [0.5, 0.6) is 5.75 Å². The summed E-state index contributed by atoms with van der Waals surface area (Å²) in [6.07, 6.45) is 6.08. The van der Waals surface area contributed by atoms with E-state index in [9.17, 15) is 13.2 Å². The number of hydrogen-bond acceptors (Lipinski definition) is 9. The summed E-state index contributed by atoms with van der Waals surface area (Å²) in [4.78, 5) is 19.4. The molecule has 3 aromatic heterocycles. The Hall–Kier alpha value is -2.99. The molecule has 11 heteroatoms. The zero-order valence-electron chi connectivity index (χ0n) is 22.2. The largest absolute Gasteiger partial charge is 0.496 e. The molecule has 1 fully saturated rings. The summed E-state index contributed by atoms with van der Waals surface area (Å²) in [6.45, 7) is 3.14. The zero-order valence-corrected chi connectivity index (χ0v) is 23.8. The third kappa shape index (κ3) is 6.11. The van der Waals surface area contributed by atoms with Crippen molar-refractivity contribution in [2.45, 2.75) is 44.8 Å². The van der Waals surface area contributed by atoms with E-state index in [1.807, 2.05) is 37.3 Å². The van der Waals surface area contributed by atoms with Crippen LogP contribution in [0.4, 0.5) is 0 Å². The van der Waals surface area contributed by atoms with Crippen LogP contribution in [0, 0.1) is 6.92 Å². The number of thiazole rings is 1. The number of ether oxygens (including phenoxy) is 3. The molecular weight excluding hydrogens is 540 g/mol. The number of nitrogens with zero attached hydrogens (tertiary/aromatic N) is 2. The molecule has 0 aliphatic carbocycles. The monoisotopic (exact) mass is 572 g/mol. The number of benzene rings is 1. The predicted molar refractivity (Wildman–Crippen MR) is 150 cm³/mol. The van der Waals surface area contributed by atoms with Crippen molar-refractivity contribution in [1.29, 1.82) is 0 Å². The SMILES string of the molecule is COc1ccccc1[C@H](Cc1cc(CCS(C)(=O)=O)c(=O)n2c(C)c(-c3ncco3)sc12)OC1CCOCC1. The van der Waals surface area contributed by atoms with E-state index < -0.39 is 9.84 Å². The van der Waals surface area contributed by atoms with Crippen LogP contribution in [0.2, 0.25) is 0 Å². The number of methoxy groups -OCH3 is 1. The highest BCUT2D eigenvalue weighted by molar-refractivity contribution is 7.90. The maximum Gasteiger partial charge on any atom is 0.259 e. The molecule has 0 bridgehead atoms. The smallest absolute Gasteiger partial charge is 0.259 e. The lowest BCUT2D eigenvalue weighted by molar-refractivity contribution is -0.0699. The maximum absolute atomic E-state index is 13.6. The Kier molecular flexibility index (Phi) is 8.22. The van der Waals surface area contributed by atoms with E-state index in [-0.39, 0.29) is 29.9 Å². The standard InChI is InChI=1S/C28H32N2O7S2/c1-18-25(26-29-11-14-36-26)38-28-20(16-19(27(31)30(18)28)10-15-39(3,32)33)17-24(37-21-8-12-35-13-9-21)22-6-4-5-7-23(22)34-2/h4-7,11,14,16,21,24H,8-10,12-13,15,17H2,1-3H3/t24-/m0/s1. The van der Waals surface area contributed by atoms with E-state index in [1.165, 1.54) is 23.9 Å². The molecule has 1 aliphatic rings. The minimum atomic E-state index is -3.26. The molecule has 4 heterocycles. The summed E-state index contributed by atoms with van der Waals surface area (Å²) in [5.74, 6) is 1.04. The molecule has 0 N–H and O–H groups in total. The molecule has 9 nitrogen and oxygen atoms in total. The van der Waals surface area contributed by atoms with Crippen molar-refractivity contribution >= 4 is 26.0 Å². The van der Waals surface area contributed by atoms with E-state index >= 15 is 0 Å². The van der Waals surface area contributed by atoms with Crippen LogP contribution in [0.1, 0.15) is 41.3 Å². The highest BCUT2D eigenvalue weighted by Crippen LogP contribution is 2.37. The zero-order chi connectivity index (χ0) is 27.6. The molecule has 39 heavy (non-hydrogen) atoms. The van der Waals surface area contributed by atoms with Crippen molar-refractivity contribution in [3.63, 3.8) is 0 Å². The number of pyridine rings is 1. The molecular formula is C28H32N2O7S2. The number of hydrogen-bond donors (Lipinski definition) is 0. The predicted octanol–water partition coefficient (Wildman–Crippen LogP) is 4.40. The highest BCUT2D eigenvalue weighted by Gasteiger charge is 2.27. The third-order valence-electron chi connectivity index (χ3n) is 6.95. The van der Waals surface area contributed by atoms with Gasteiger partial charge in [0.15, 0.2) is 0 Å². The van der Waals surface area contributed by atoms with Crippen molar-refractivity contribution in [2.75, 3.05) is 32.3 Å². The molecule has 1 saturated heterocycles. The van der Waals surface area contributed by atoms with E-state index in [0.717, 1.165) is 39.4 Å². The molecule has 0 saturated carbocycles. The Labute approximate surface area is 231 Å². The molecule has 0 spiro atoms. The van der Waals surface area contributed by atoms with Crippen LogP contribution >= 0.6 is 11.3 Å². The second-order valence-corrected chi connectivity index (χ2v) is 13.0. The number of rotatable bonds is 10. The molecule has 0 unspecified atom stereocenters. The minimum Gasteiger partial charge on any atom is -0.496 e. The van der Waals surface area contributed by atoms with Gasteiger partial charge in [0, 0.05) is 42.7 Å². The Balaban J connectivity index is 1.64. The second-order valence-electron chi connectivity index (χ2n) is 9.76. The molecule has 1 atom stereocenters. The van der Waals surface area contributed by atoms with Crippen molar-refractivity contribution in [3.05, 3.63) is 75.5 Å². The summed E-state index contributed by atoms with van der Waals surface area (Å²) in [6, 6.07) is 9.62. The van der Waals surface area contributed by atoms with Gasteiger partial charge < -0.3 is 18.6 Å². The Morgan fingerprint density at radius 1 is 1.21 bits per heavy atom. The van der Waals surface area contributed by atoms with Crippen LogP contribution in [-0.4, -0.2) is 56.2 Å². The van der Waals surface area contributed by atoms with Gasteiger partial charge in [0.25, 0.3) is 5.56 Å². The fourth-order valence-corrected chi connectivity index (χ4v) is 6.76. The lowest BCUT2D eigenvalue weighted by Crippen LogP contribution is -2.27. The number of oxazole rings is 1. The van der Waals surface area contributed by atoms with Crippen molar-refractivity contribution < 1.29 is 27.0 Å². The van der Waals surface area contributed by atoms with Crippen LogP contribution in [0.3, 0.4) is 0 Å². The lowest BCUT2D eigenvalue weighted by atomic mass is 9.99. The second kappa shape index (κ2) is 11.6. The van der Waals surface area contributed by atoms with Gasteiger partial charge in [-0.3, -0.25) is 9.20 Å². The third-order valence-corrected chi connectivity index (χ3v) is 9.21. The molecule has 0 radical (unpaired) electrons. The molecule has 0 amide bonds. The van der Waals surface area contributed by atoms with Gasteiger partial charge in [0.05, 0.1) is 31.3 Å². The summed E-state index contributed by atoms with van der Waals surface area (Å²) >= 11 is 1.43. The van der Waals surface area contributed by atoms with E-state index in [2.05, 4.69) is 4.98 Å². The van der Waals surface area contributed by atoms with Gasteiger partial charge in [-0.05, 0) is 43.9 Å². The molecule has 4 aromatic rings. The fraction of sp³-hybridized carbons (Fsp3) is 0.429. The first kappa shape index (κ1) is 27.6. The molecule has 5 rings (SSSR count). The molecule has 208 valence electrons. The number of fused-ring (bicyclic) bond motifs is 1. The van der Waals surface area contributed by atoms with Gasteiger partial charge in [-0.1, -0.05) is 18.2 Å². The summed E-state index contributed by atoms with van der Waals surface area (Å²) in [5.41, 5.74) is 2.70. The van der Waals surface area contributed by atoms with Crippen molar-refractivity contribution in [1.82, 2.24) is 9.38 Å². The minimum absolute atomic E-state index is 0.0215. The first-order chi connectivity index (χ1) is 18.7. The van der Waals surface area contributed by atoms with Crippen LogP contribution < -0.4 is 10.3 Å². The van der Waals surface area contributed by atoms with Crippen LogP contribution in [-0.2, 0) is 32.2 Å². The van der Waals surface area contributed by atoms with Crippen LogP contribution in [0.25, 0.3) is 15.6 Å². The quantitative estimate of drug-likeness (QED) is 0.275. The normalized spacial score (nSPS) is 15.6. The topological polar surface area (TPSA) is 109 Å². The average molecular weight is 573 g/mol. The van der Waals surface area contributed by atoms with Crippen molar-refractivity contribution in [3.8, 4) is 16.5 Å². The van der Waals surface area contributed by atoms with Gasteiger partial charge in [0.2, 0.25) is 5.89 Å². The number of para-hydroxylation sites is 1. The Morgan fingerprint density at radius 2 is 1.97 bits per heavy atom. The van der Waals surface area contributed by atoms with E-state index in [4.69, 9.17) is 18.6 Å². The lowest BCUT2D eigenvalue weighted by Gasteiger charge is -2.29. The molecule has 1 aromatic carbocycles. The number of sulfone groups is 1.